The molecule has 1 amide bonds. The monoisotopic (exact) mass is 362 g/mol. The van der Waals surface area contributed by atoms with Gasteiger partial charge in [-0.1, -0.05) is 49.4 Å². The second-order valence-corrected chi connectivity index (χ2v) is 7.87. The SMILES string of the molecule is CCc1ccc([C@H]2c3[nH]c4ccccc4c3CCN2C(=O)C(C)(C)O)cc1. The van der Waals surface area contributed by atoms with Crippen LogP contribution in [-0.4, -0.2) is 33.0 Å². The first-order valence-electron chi connectivity index (χ1n) is 9.62. The molecule has 1 aliphatic rings. The highest BCUT2D eigenvalue weighted by Gasteiger charge is 2.39. The molecule has 4 nitrogen and oxygen atoms in total. The molecule has 0 fully saturated rings. The Morgan fingerprint density at radius 1 is 1.19 bits per heavy atom. The van der Waals surface area contributed by atoms with Gasteiger partial charge >= 0.3 is 0 Å². The number of hydrogen-bond acceptors (Lipinski definition) is 2. The summed E-state index contributed by atoms with van der Waals surface area (Å²) in [5, 5.41) is 11.6. The van der Waals surface area contributed by atoms with Gasteiger partial charge in [-0.25, -0.2) is 0 Å². The van der Waals surface area contributed by atoms with Crippen LogP contribution in [0.4, 0.5) is 0 Å². The van der Waals surface area contributed by atoms with Crippen molar-refractivity contribution < 1.29 is 9.90 Å². The molecule has 1 aromatic heterocycles. The Hall–Kier alpha value is -2.59. The molecule has 4 rings (SSSR count). The number of aromatic amines is 1. The number of benzene rings is 2. The summed E-state index contributed by atoms with van der Waals surface area (Å²) in [6.07, 6.45) is 1.76. The Balaban J connectivity index is 1.88. The number of para-hydroxylation sites is 1. The predicted octanol–water partition coefficient (Wildman–Crippen LogP) is 3.98. The van der Waals surface area contributed by atoms with E-state index in [0.29, 0.717) is 6.54 Å². The Labute approximate surface area is 159 Å². The van der Waals surface area contributed by atoms with E-state index in [4.69, 9.17) is 0 Å². The standard InChI is InChI=1S/C23H26N2O2/c1-4-15-9-11-16(12-10-15)21-20-18(17-7-5-6-8-19(17)24-20)13-14-25(21)22(26)23(2,3)27/h5-12,21,24,27H,4,13-14H2,1-3H3/t21-/m0/s1. The van der Waals surface area contributed by atoms with Crippen molar-refractivity contribution in [1.29, 1.82) is 0 Å². The van der Waals surface area contributed by atoms with Gasteiger partial charge in [-0.05, 0) is 49.4 Å². The summed E-state index contributed by atoms with van der Waals surface area (Å²) >= 11 is 0. The molecule has 2 aromatic carbocycles. The number of rotatable bonds is 3. The lowest BCUT2D eigenvalue weighted by atomic mass is 9.90. The van der Waals surface area contributed by atoms with Crippen molar-refractivity contribution in [2.45, 2.75) is 45.3 Å². The van der Waals surface area contributed by atoms with Gasteiger partial charge in [-0.2, -0.15) is 0 Å². The van der Waals surface area contributed by atoms with Crippen molar-refractivity contribution in [2.75, 3.05) is 6.54 Å². The third-order valence-corrected chi connectivity index (χ3v) is 5.52. The molecule has 27 heavy (non-hydrogen) atoms. The smallest absolute Gasteiger partial charge is 0.254 e. The summed E-state index contributed by atoms with van der Waals surface area (Å²) in [5.74, 6) is -0.239. The summed E-state index contributed by atoms with van der Waals surface area (Å²) in [7, 11) is 0. The average molecular weight is 362 g/mol. The third kappa shape index (κ3) is 3.04. The van der Waals surface area contributed by atoms with Crippen molar-refractivity contribution >= 4 is 16.8 Å². The molecule has 1 aliphatic heterocycles. The van der Waals surface area contributed by atoms with E-state index < -0.39 is 5.60 Å². The fourth-order valence-corrected chi connectivity index (χ4v) is 4.09. The number of H-pyrrole nitrogens is 1. The maximum absolute atomic E-state index is 13.0. The highest BCUT2D eigenvalue weighted by atomic mass is 16.3. The fraction of sp³-hybridized carbons (Fsp3) is 0.348. The number of hydrogen-bond donors (Lipinski definition) is 2. The summed E-state index contributed by atoms with van der Waals surface area (Å²) in [4.78, 5) is 18.4. The lowest BCUT2D eigenvalue weighted by Gasteiger charge is -2.39. The minimum absolute atomic E-state index is 0.217. The number of fused-ring (bicyclic) bond motifs is 3. The second-order valence-electron chi connectivity index (χ2n) is 7.87. The Kier molecular flexibility index (Phi) is 4.31. The molecule has 4 heteroatoms. The van der Waals surface area contributed by atoms with E-state index in [0.717, 1.165) is 29.6 Å². The largest absolute Gasteiger partial charge is 0.381 e. The van der Waals surface area contributed by atoms with Gasteiger partial charge < -0.3 is 15.0 Å². The summed E-state index contributed by atoms with van der Waals surface area (Å²) in [6, 6.07) is 16.5. The summed E-state index contributed by atoms with van der Waals surface area (Å²) in [5.41, 5.74) is 4.36. The summed E-state index contributed by atoms with van der Waals surface area (Å²) < 4.78 is 0. The van der Waals surface area contributed by atoms with Crippen molar-refractivity contribution in [3.63, 3.8) is 0 Å². The Morgan fingerprint density at radius 3 is 2.56 bits per heavy atom. The first-order chi connectivity index (χ1) is 12.9. The maximum atomic E-state index is 13.0. The predicted molar refractivity (Wildman–Crippen MR) is 108 cm³/mol. The molecule has 0 unspecified atom stereocenters. The first-order valence-corrected chi connectivity index (χ1v) is 9.62. The molecular formula is C23H26N2O2. The molecule has 1 atom stereocenters. The summed E-state index contributed by atoms with van der Waals surface area (Å²) in [6.45, 7) is 5.86. The minimum atomic E-state index is -1.40. The molecule has 2 heterocycles. The van der Waals surface area contributed by atoms with Gasteiger partial charge in [0.25, 0.3) is 5.91 Å². The van der Waals surface area contributed by atoms with Gasteiger partial charge in [0.2, 0.25) is 0 Å². The van der Waals surface area contributed by atoms with Gasteiger partial charge in [0.1, 0.15) is 5.60 Å². The molecule has 0 saturated carbocycles. The lowest BCUT2D eigenvalue weighted by molar-refractivity contribution is -0.150. The minimum Gasteiger partial charge on any atom is -0.381 e. The Morgan fingerprint density at radius 2 is 1.89 bits per heavy atom. The van der Waals surface area contributed by atoms with E-state index in [2.05, 4.69) is 54.4 Å². The Bertz CT molecular complexity index is 980. The van der Waals surface area contributed by atoms with Gasteiger partial charge in [0.05, 0.1) is 6.04 Å². The molecule has 3 aromatic rings. The van der Waals surface area contributed by atoms with E-state index in [9.17, 15) is 9.90 Å². The number of amides is 1. The van der Waals surface area contributed by atoms with Crippen LogP contribution in [0.3, 0.4) is 0 Å². The van der Waals surface area contributed by atoms with Gasteiger partial charge in [0.15, 0.2) is 0 Å². The van der Waals surface area contributed by atoms with Gasteiger partial charge in [0, 0.05) is 23.1 Å². The molecule has 140 valence electrons. The number of aliphatic hydroxyl groups is 1. The lowest BCUT2D eigenvalue weighted by Crippen LogP contribution is -2.49. The maximum Gasteiger partial charge on any atom is 0.254 e. The molecule has 0 radical (unpaired) electrons. The molecule has 0 bridgehead atoms. The molecule has 0 spiro atoms. The highest BCUT2D eigenvalue weighted by Crippen LogP contribution is 2.39. The first kappa shape index (κ1) is 17.8. The molecule has 0 saturated heterocycles. The molecule has 0 aliphatic carbocycles. The van der Waals surface area contributed by atoms with E-state index in [1.165, 1.54) is 16.5 Å². The van der Waals surface area contributed by atoms with Crippen LogP contribution in [0.2, 0.25) is 0 Å². The van der Waals surface area contributed by atoms with Crippen molar-refractivity contribution in [1.82, 2.24) is 9.88 Å². The van der Waals surface area contributed by atoms with Crippen LogP contribution in [-0.2, 0) is 17.6 Å². The zero-order chi connectivity index (χ0) is 19.2. The average Bonchev–Trinajstić information content (AvgIpc) is 3.04. The van der Waals surface area contributed by atoms with Crippen molar-refractivity contribution in [2.24, 2.45) is 0 Å². The van der Waals surface area contributed by atoms with Crippen LogP contribution < -0.4 is 0 Å². The van der Waals surface area contributed by atoms with E-state index >= 15 is 0 Å². The van der Waals surface area contributed by atoms with E-state index in [1.54, 1.807) is 13.8 Å². The van der Waals surface area contributed by atoms with Gasteiger partial charge in [-0.15, -0.1) is 0 Å². The van der Waals surface area contributed by atoms with Crippen LogP contribution >= 0.6 is 0 Å². The second kappa shape index (κ2) is 6.54. The normalized spacial score (nSPS) is 17.2. The number of nitrogens with one attached hydrogen (secondary N) is 1. The number of carbonyl (C=O) groups is 1. The molecule has 2 N–H and O–H groups in total. The van der Waals surface area contributed by atoms with Crippen LogP contribution in [0, 0.1) is 0 Å². The van der Waals surface area contributed by atoms with E-state index in [-0.39, 0.29) is 11.9 Å². The number of nitrogens with zero attached hydrogens (tertiary/aromatic N) is 1. The van der Waals surface area contributed by atoms with Crippen LogP contribution in [0.1, 0.15) is 49.2 Å². The van der Waals surface area contributed by atoms with Crippen molar-refractivity contribution in [3.8, 4) is 0 Å². The topological polar surface area (TPSA) is 56.3 Å². The highest BCUT2D eigenvalue weighted by molar-refractivity contribution is 5.88. The number of carbonyl (C=O) groups excluding carboxylic acids is 1. The zero-order valence-corrected chi connectivity index (χ0v) is 16.1. The fourth-order valence-electron chi connectivity index (χ4n) is 4.09. The van der Waals surface area contributed by atoms with Crippen LogP contribution in [0.5, 0.6) is 0 Å². The van der Waals surface area contributed by atoms with E-state index in [1.807, 2.05) is 11.0 Å². The zero-order valence-electron chi connectivity index (χ0n) is 16.1. The quantitative estimate of drug-likeness (QED) is 0.741. The number of aromatic nitrogens is 1. The number of aryl methyl sites for hydroxylation is 1. The van der Waals surface area contributed by atoms with Crippen LogP contribution in [0.25, 0.3) is 10.9 Å². The molecular weight excluding hydrogens is 336 g/mol. The third-order valence-electron chi connectivity index (χ3n) is 5.52. The van der Waals surface area contributed by atoms with Crippen molar-refractivity contribution in [3.05, 3.63) is 70.9 Å². The van der Waals surface area contributed by atoms with Gasteiger partial charge in [-0.3, -0.25) is 4.79 Å². The van der Waals surface area contributed by atoms with Crippen LogP contribution in [0.15, 0.2) is 48.5 Å².